The van der Waals surface area contributed by atoms with E-state index in [-0.39, 0.29) is 17.9 Å². The fourth-order valence-corrected chi connectivity index (χ4v) is 4.73. The lowest BCUT2D eigenvalue weighted by molar-refractivity contribution is -0.138. The van der Waals surface area contributed by atoms with Crippen LogP contribution in [-0.4, -0.2) is 45.6 Å². The Morgan fingerprint density at radius 1 is 1.09 bits per heavy atom. The summed E-state index contributed by atoms with van der Waals surface area (Å²) < 4.78 is 31.7. The molecular weight excluding hydrogens is 481 g/mol. The molecule has 1 aliphatic rings. The second-order valence-electron chi connectivity index (χ2n) is 9.12. The Labute approximate surface area is 206 Å². The number of benzene rings is 2. The highest BCUT2D eigenvalue weighted by molar-refractivity contribution is 8.01. The molecule has 10 heteroatoms. The molecule has 2 aromatic carbocycles. The number of hydrogen-bond acceptors (Lipinski definition) is 4. The number of aliphatic carboxylic acids is 1. The van der Waals surface area contributed by atoms with E-state index in [1.165, 1.54) is 29.5 Å². The number of urea groups is 1. The quantitative estimate of drug-likeness (QED) is 0.329. The standard InChI is InChI=1S/C24H29FN2O3S.CF2O/c1-15(2)14-27(23(30)26-19-8-6-18(25)7-9-19)20-11-16-5-10-21(13-17(16)12-20)31-24(3,4)22(28)29;2-1(3)4/h5-10,13,15,20H,11-12,14H2,1-4H3,(H,26,30)(H,28,29);. The SMILES string of the molecule is CC(C)CN(C(=O)Nc1ccc(F)cc1)C1Cc2ccc(SC(C)(C)C(=O)O)cc2C1.O=C(F)F. The molecule has 2 aromatic rings. The molecule has 0 aromatic heterocycles. The van der Waals surface area contributed by atoms with E-state index in [2.05, 4.69) is 25.2 Å². The van der Waals surface area contributed by atoms with Crippen LogP contribution in [0.3, 0.4) is 0 Å². The molecule has 0 bridgehead atoms. The highest BCUT2D eigenvalue weighted by Gasteiger charge is 2.32. The van der Waals surface area contributed by atoms with Gasteiger partial charge in [-0.25, -0.2) is 14.0 Å². The summed E-state index contributed by atoms with van der Waals surface area (Å²) in [6.45, 7) is 8.14. The van der Waals surface area contributed by atoms with E-state index in [4.69, 9.17) is 4.79 Å². The minimum absolute atomic E-state index is 0.0191. The Hall–Kier alpha value is -3.01. The summed E-state index contributed by atoms with van der Waals surface area (Å²) in [6, 6.07) is 11.6. The zero-order chi connectivity index (χ0) is 26.3. The molecule has 0 heterocycles. The molecule has 0 saturated heterocycles. The van der Waals surface area contributed by atoms with Gasteiger partial charge in [0.25, 0.3) is 0 Å². The maximum absolute atomic E-state index is 13.2. The Morgan fingerprint density at radius 2 is 1.66 bits per heavy atom. The first-order chi connectivity index (χ1) is 16.3. The van der Waals surface area contributed by atoms with Gasteiger partial charge in [-0.05, 0) is 80.1 Å². The van der Waals surface area contributed by atoms with Crippen LogP contribution in [0.1, 0.15) is 38.8 Å². The van der Waals surface area contributed by atoms with Crippen LogP contribution in [0.25, 0.3) is 0 Å². The number of thioether (sulfide) groups is 1. The van der Waals surface area contributed by atoms with E-state index < -0.39 is 17.0 Å². The number of nitrogens with one attached hydrogen (secondary N) is 1. The third-order valence-corrected chi connectivity index (χ3v) is 6.51. The third kappa shape index (κ3) is 8.61. The number of carboxylic acid groups (broad SMARTS) is 1. The Balaban J connectivity index is 0.00000100. The fraction of sp³-hybridized carbons (Fsp3) is 0.400. The van der Waals surface area contributed by atoms with Crippen molar-refractivity contribution >= 4 is 35.7 Å². The van der Waals surface area contributed by atoms with Crippen LogP contribution in [0, 0.1) is 11.7 Å². The monoisotopic (exact) mass is 510 g/mol. The van der Waals surface area contributed by atoms with Gasteiger partial charge in [-0.2, -0.15) is 0 Å². The van der Waals surface area contributed by atoms with Gasteiger partial charge < -0.3 is 15.3 Å². The smallest absolute Gasteiger partial charge is 0.480 e. The molecule has 2 amide bonds. The molecular formula is C25H29F3N2O4S. The van der Waals surface area contributed by atoms with Gasteiger partial charge in [-0.1, -0.05) is 19.9 Å². The maximum atomic E-state index is 13.2. The minimum Gasteiger partial charge on any atom is -0.480 e. The van der Waals surface area contributed by atoms with Crippen LogP contribution in [0.4, 0.5) is 28.4 Å². The number of carbonyl (C=O) groups is 3. The lowest BCUT2D eigenvalue weighted by Crippen LogP contribution is -2.45. The summed E-state index contributed by atoms with van der Waals surface area (Å²) in [5.74, 6) is -0.898. The van der Waals surface area contributed by atoms with Crippen molar-refractivity contribution in [1.82, 2.24) is 4.90 Å². The number of rotatable bonds is 7. The Bertz CT molecular complexity index is 1060. The van der Waals surface area contributed by atoms with Gasteiger partial charge in [0.1, 0.15) is 10.6 Å². The van der Waals surface area contributed by atoms with Crippen molar-refractivity contribution in [2.24, 2.45) is 5.92 Å². The molecule has 35 heavy (non-hydrogen) atoms. The fourth-order valence-electron chi connectivity index (χ4n) is 3.71. The van der Waals surface area contributed by atoms with Gasteiger partial charge in [0.2, 0.25) is 0 Å². The molecule has 190 valence electrons. The Kier molecular flexibility index (Phi) is 9.76. The molecule has 0 spiro atoms. The van der Waals surface area contributed by atoms with E-state index in [0.717, 1.165) is 23.3 Å². The van der Waals surface area contributed by atoms with Gasteiger partial charge in [0.05, 0.1) is 0 Å². The minimum atomic E-state index is -2.83. The molecule has 6 nitrogen and oxygen atoms in total. The summed E-state index contributed by atoms with van der Waals surface area (Å²) in [7, 11) is 0. The predicted octanol–water partition coefficient (Wildman–Crippen LogP) is 6.48. The maximum Gasteiger partial charge on any atom is 0.483 e. The number of fused-ring (bicyclic) bond motifs is 1. The summed E-state index contributed by atoms with van der Waals surface area (Å²) in [4.78, 5) is 35.4. The lowest BCUT2D eigenvalue weighted by atomic mass is 10.1. The molecule has 1 aliphatic carbocycles. The molecule has 0 fully saturated rings. The van der Waals surface area contributed by atoms with Gasteiger partial charge in [-0.15, -0.1) is 20.5 Å². The van der Waals surface area contributed by atoms with Crippen LogP contribution in [-0.2, 0) is 17.6 Å². The summed E-state index contributed by atoms with van der Waals surface area (Å²) in [6.07, 6.45) is -1.35. The molecule has 0 aliphatic heterocycles. The van der Waals surface area contributed by atoms with Crippen molar-refractivity contribution in [2.75, 3.05) is 11.9 Å². The van der Waals surface area contributed by atoms with Crippen molar-refractivity contribution in [3.8, 4) is 0 Å². The highest BCUT2D eigenvalue weighted by atomic mass is 32.2. The summed E-state index contributed by atoms with van der Waals surface area (Å²) in [5, 5.41) is 12.3. The number of halogens is 3. The largest absolute Gasteiger partial charge is 0.483 e. The third-order valence-electron chi connectivity index (χ3n) is 5.34. The molecule has 2 N–H and O–H groups in total. The zero-order valence-corrected chi connectivity index (χ0v) is 20.8. The number of carboxylic acids is 1. The van der Waals surface area contributed by atoms with E-state index >= 15 is 0 Å². The van der Waals surface area contributed by atoms with Gasteiger partial charge in [-0.3, -0.25) is 4.79 Å². The number of carbonyl (C=O) groups excluding carboxylic acids is 2. The van der Waals surface area contributed by atoms with Crippen molar-refractivity contribution in [1.29, 1.82) is 0 Å². The van der Waals surface area contributed by atoms with E-state index in [0.29, 0.717) is 18.2 Å². The average Bonchev–Trinajstić information content (AvgIpc) is 3.15. The predicted molar refractivity (Wildman–Crippen MR) is 130 cm³/mol. The normalized spacial score (nSPS) is 14.6. The zero-order valence-electron chi connectivity index (χ0n) is 20.0. The topological polar surface area (TPSA) is 86.7 Å². The average molecular weight is 511 g/mol. The van der Waals surface area contributed by atoms with Gasteiger partial charge in [0.15, 0.2) is 0 Å². The number of nitrogens with zero attached hydrogens (tertiary/aromatic N) is 1. The van der Waals surface area contributed by atoms with Crippen LogP contribution in [0.2, 0.25) is 0 Å². The second-order valence-corrected chi connectivity index (χ2v) is 10.8. The second kappa shape index (κ2) is 12.1. The van der Waals surface area contributed by atoms with Crippen molar-refractivity contribution < 1.29 is 32.7 Å². The van der Waals surface area contributed by atoms with E-state index in [1.807, 2.05) is 17.0 Å². The van der Waals surface area contributed by atoms with Crippen LogP contribution in [0.15, 0.2) is 47.4 Å². The number of anilines is 1. The molecule has 0 radical (unpaired) electrons. The first-order valence-electron chi connectivity index (χ1n) is 11.0. The summed E-state index contributed by atoms with van der Waals surface area (Å²) >= 11 is 1.33. The lowest BCUT2D eigenvalue weighted by Gasteiger charge is -2.30. The van der Waals surface area contributed by atoms with Crippen LogP contribution >= 0.6 is 11.8 Å². The molecule has 0 saturated carbocycles. The number of hydrogen-bond donors (Lipinski definition) is 2. The first-order valence-corrected chi connectivity index (χ1v) is 11.8. The van der Waals surface area contributed by atoms with Gasteiger partial charge in [0, 0.05) is 23.2 Å². The van der Waals surface area contributed by atoms with Crippen molar-refractivity contribution in [2.45, 2.75) is 56.2 Å². The van der Waals surface area contributed by atoms with Gasteiger partial charge >= 0.3 is 18.3 Å². The highest BCUT2D eigenvalue weighted by Crippen LogP contribution is 2.36. The van der Waals surface area contributed by atoms with E-state index in [9.17, 15) is 27.9 Å². The number of amides is 2. The van der Waals surface area contributed by atoms with E-state index in [1.54, 1.807) is 26.0 Å². The first kappa shape index (κ1) is 28.2. The summed E-state index contributed by atoms with van der Waals surface area (Å²) in [5.41, 5.74) is 2.90. The van der Waals surface area contributed by atoms with Crippen molar-refractivity contribution in [3.63, 3.8) is 0 Å². The molecule has 1 atom stereocenters. The molecule has 1 unspecified atom stereocenters. The van der Waals surface area contributed by atoms with Crippen LogP contribution in [0.5, 0.6) is 0 Å². The van der Waals surface area contributed by atoms with Crippen molar-refractivity contribution in [3.05, 3.63) is 59.4 Å². The van der Waals surface area contributed by atoms with Crippen LogP contribution < -0.4 is 5.32 Å². The molecule has 3 rings (SSSR count). The Morgan fingerprint density at radius 3 is 2.20 bits per heavy atom.